The zero-order chi connectivity index (χ0) is 11.0. The Morgan fingerprint density at radius 1 is 1.53 bits per heavy atom. The molecule has 15 heavy (non-hydrogen) atoms. The van der Waals surface area contributed by atoms with Crippen molar-refractivity contribution in [2.45, 2.75) is 13.5 Å². The van der Waals surface area contributed by atoms with E-state index in [-0.39, 0.29) is 0 Å². The molecule has 1 N–H and O–H groups in total. The predicted molar refractivity (Wildman–Crippen MR) is 62.3 cm³/mol. The second kappa shape index (κ2) is 3.70. The van der Waals surface area contributed by atoms with Crippen molar-refractivity contribution in [2.75, 3.05) is 0 Å². The Hall–Kier alpha value is -1.29. The minimum absolute atomic E-state index is 0.308. The summed E-state index contributed by atoms with van der Waals surface area (Å²) in [7, 11) is 0. The van der Waals surface area contributed by atoms with Gasteiger partial charge in [-0.05, 0) is 25.1 Å². The zero-order valence-electron chi connectivity index (χ0n) is 8.20. The molecule has 0 aliphatic carbocycles. The van der Waals surface area contributed by atoms with Gasteiger partial charge in [-0.15, -0.1) is 0 Å². The van der Waals surface area contributed by atoms with Crippen molar-refractivity contribution in [3.8, 4) is 0 Å². The van der Waals surface area contributed by atoms with Crippen molar-refractivity contribution < 1.29 is 9.90 Å². The first-order valence-electron chi connectivity index (χ1n) is 4.65. The molecule has 0 spiro atoms. The molecule has 3 nitrogen and oxygen atoms in total. The topological polar surface area (TPSA) is 42.2 Å². The monoisotopic (exact) mass is 267 g/mol. The molecule has 0 bridgehead atoms. The molecule has 0 aliphatic heterocycles. The largest absolute Gasteiger partial charge is 0.478 e. The molecule has 0 atom stereocenters. The molecule has 1 aromatic heterocycles. The molecule has 4 heteroatoms. The third-order valence-corrected chi connectivity index (χ3v) is 3.08. The number of aromatic carboxylic acids is 1. The van der Waals surface area contributed by atoms with E-state index >= 15 is 0 Å². The van der Waals surface area contributed by atoms with E-state index in [1.165, 1.54) is 0 Å². The van der Waals surface area contributed by atoms with Crippen molar-refractivity contribution in [2.24, 2.45) is 0 Å². The van der Waals surface area contributed by atoms with Crippen LogP contribution in [0.25, 0.3) is 10.9 Å². The smallest absolute Gasteiger partial charge is 0.335 e. The molecular weight excluding hydrogens is 258 g/mol. The van der Waals surface area contributed by atoms with Crippen LogP contribution < -0.4 is 0 Å². The summed E-state index contributed by atoms with van der Waals surface area (Å²) >= 11 is 3.38. The van der Waals surface area contributed by atoms with E-state index in [2.05, 4.69) is 15.9 Å². The van der Waals surface area contributed by atoms with Crippen LogP contribution in [0, 0.1) is 0 Å². The molecule has 0 radical (unpaired) electrons. The van der Waals surface area contributed by atoms with E-state index in [1.807, 2.05) is 23.8 Å². The normalized spacial score (nSPS) is 10.8. The van der Waals surface area contributed by atoms with Gasteiger partial charge in [-0.3, -0.25) is 0 Å². The Bertz CT molecular complexity index is 531. The number of carbonyl (C=O) groups is 1. The van der Waals surface area contributed by atoms with Gasteiger partial charge in [0.25, 0.3) is 0 Å². The summed E-state index contributed by atoms with van der Waals surface area (Å²) in [5, 5.41) is 9.98. The fourth-order valence-electron chi connectivity index (χ4n) is 1.65. The third kappa shape index (κ3) is 1.65. The molecule has 78 valence electrons. The summed E-state index contributed by atoms with van der Waals surface area (Å²) < 4.78 is 2.84. The molecule has 2 rings (SSSR count). The van der Waals surface area contributed by atoms with Gasteiger partial charge in [-0.25, -0.2) is 4.79 Å². The van der Waals surface area contributed by atoms with Crippen LogP contribution in [0.1, 0.15) is 17.3 Å². The van der Waals surface area contributed by atoms with Gasteiger partial charge >= 0.3 is 5.97 Å². The Labute approximate surface area is 95.5 Å². The van der Waals surface area contributed by atoms with Crippen molar-refractivity contribution in [1.82, 2.24) is 4.57 Å². The number of fused-ring (bicyclic) bond motifs is 1. The number of halogens is 1. The van der Waals surface area contributed by atoms with Crippen LogP contribution in [0.5, 0.6) is 0 Å². The summed E-state index contributed by atoms with van der Waals surface area (Å²) in [5.41, 5.74) is 1.26. The highest BCUT2D eigenvalue weighted by Crippen LogP contribution is 2.26. The van der Waals surface area contributed by atoms with Gasteiger partial charge in [-0.2, -0.15) is 0 Å². The van der Waals surface area contributed by atoms with E-state index in [4.69, 9.17) is 5.11 Å². The standard InChI is InChI=1S/C11H10BrNO2/c1-2-13-4-3-8-9(12)5-7(11(14)15)6-10(8)13/h3-6H,2H2,1H3,(H,14,15). The number of aryl methyl sites for hydroxylation is 1. The number of rotatable bonds is 2. The molecule has 2 aromatic rings. The lowest BCUT2D eigenvalue weighted by Gasteiger charge is -2.03. The lowest BCUT2D eigenvalue weighted by Crippen LogP contribution is -1.98. The van der Waals surface area contributed by atoms with E-state index in [9.17, 15) is 4.79 Å². The molecule has 0 fully saturated rings. The summed E-state index contributed by atoms with van der Waals surface area (Å²) in [6, 6.07) is 5.31. The van der Waals surface area contributed by atoms with Crippen LogP contribution in [0.4, 0.5) is 0 Å². The molecule has 0 saturated heterocycles. The number of carboxylic acid groups (broad SMARTS) is 1. The van der Waals surface area contributed by atoms with Gasteiger partial charge in [0.15, 0.2) is 0 Å². The zero-order valence-corrected chi connectivity index (χ0v) is 9.78. The first-order chi connectivity index (χ1) is 7.13. The van der Waals surface area contributed by atoms with Crippen molar-refractivity contribution in [3.05, 3.63) is 34.4 Å². The molecular formula is C11H10BrNO2. The summed E-state index contributed by atoms with van der Waals surface area (Å²) in [4.78, 5) is 10.9. The molecule has 0 amide bonds. The van der Waals surface area contributed by atoms with Gasteiger partial charge in [0, 0.05) is 28.1 Å². The number of aromatic nitrogens is 1. The molecule has 0 unspecified atom stereocenters. The van der Waals surface area contributed by atoms with Gasteiger partial charge in [0.2, 0.25) is 0 Å². The second-order valence-electron chi connectivity index (χ2n) is 3.30. The van der Waals surface area contributed by atoms with E-state index in [1.54, 1.807) is 12.1 Å². The Morgan fingerprint density at radius 2 is 2.27 bits per heavy atom. The van der Waals surface area contributed by atoms with Crippen LogP contribution in [0.15, 0.2) is 28.9 Å². The highest BCUT2D eigenvalue weighted by atomic mass is 79.9. The maximum Gasteiger partial charge on any atom is 0.335 e. The highest BCUT2D eigenvalue weighted by Gasteiger charge is 2.09. The summed E-state index contributed by atoms with van der Waals surface area (Å²) in [5.74, 6) is -0.901. The number of hydrogen-bond acceptors (Lipinski definition) is 1. The van der Waals surface area contributed by atoms with Gasteiger partial charge in [0.1, 0.15) is 0 Å². The number of carboxylic acids is 1. The van der Waals surface area contributed by atoms with E-state index in [0.29, 0.717) is 5.56 Å². The minimum Gasteiger partial charge on any atom is -0.478 e. The lowest BCUT2D eigenvalue weighted by molar-refractivity contribution is 0.0697. The van der Waals surface area contributed by atoms with Gasteiger partial charge in [-0.1, -0.05) is 15.9 Å². The average molecular weight is 268 g/mol. The SMILES string of the molecule is CCn1ccc2c(Br)cc(C(=O)O)cc21. The number of hydrogen-bond donors (Lipinski definition) is 1. The molecule has 1 aromatic carbocycles. The molecule has 1 heterocycles. The fourth-order valence-corrected chi connectivity index (χ4v) is 2.23. The predicted octanol–water partition coefficient (Wildman–Crippen LogP) is 3.12. The maximum atomic E-state index is 10.9. The van der Waals surface area contributed by atoms with Crippen LogP contribution in [-0.4, -0.2) is 15.6 Å². The van der Waals surface area contributed by atoms with Crippen LogP contribution in [0.2, 0.25) is 0 Å². The Balaban J connectivity index is 2.77. The van der Waals surface area contributed by atoms with Gasteiger partial charge in [0.05, 0.1) is 5.56 Å². The molecule has 0 saturated carbocycles. The first-order valence-corrected chi connectivity index (χ1v) is 5.44. The third-order valence-electron chi connectivity index (χ3n) is 2.43. The quantitative estimate of drug-likeness (QED) is 0.909. The summed E-state index contributed by atoms with van der Waals surface area (Å²) in [6.07, 6.45) is 1.96. The summed E-state index contributed by atoms with van der Waals surface area (Å²) in [6.45, 7) is 2.86. The Morgan fingerprint density at radius 3 is 2.87 bits per heavy atom. The van der Waals surface area contributed by atoms with Crippen molar-refractivity contribution in [1.29, 1.82) is 0 Å². The van der Waals surface area contributed by atoms with E-state index in [0.717, 1.165) is 21.9 Å². The van der Waals surface area contributed by atoms with Crippen LogP contribution >= 0.6 is 15.9 Å². The Kier molecular flexibility index (Phi) is 2.52. The lowest BCUT2D eigenvalue weighted by atomic mass is 10.1. The highest BCUT2D eigenvalue weighted by molar-refractivity contribution is 9.10. The van der Waals surface area contributed by atoms with Crippen LogP contribution in [-0.2, 0) is 6.54 Å². The minimum atomic E-state index is -0.901. The van der Waals surface area contributed by atoms with Crippen molar-refractivity contribution in [3.63, 3.8) is 0 Å². The number of nitrogens with zero attached hydrogens (tertiary/aromatic N) is 1. The maximum absolute atomic E-state index is 10.9. The van der Waals surface area contributed by atoms with Crippen LogP contribution in [0.3, 0.4) is 0 Å². The first kappa shape index (κ1) is 10.2. The van der Waals surface area contributed by atoms with E-state index < -0.39 is 5.97 Å². The van der Waals surface area contributed by atoms with Crippen molar-refractivity contribution >= 4 is 32.8 Å². The second-order valence-corrected chi connectivity index (χ2v) is 4.15. The number of benzene rings is 1. The van der Waals surface area contributed by atoms with Gasteiger partial charge < -0.3 is 9.67 Å². The fraction of sp³-hybridized carbons (Fsp3) is 0.182. The molecule has 0 aliphatic rings. The average Bonchev–Trinajstić information content (AvgIpc) is 2.60.